The second-order valence-corrected chi connectivity index (χ2v) is 6.07. The Bertz CT molecular complexity index is 165. The molecule has 0 radical (unpaired) electrons. The van der Waals surface area contributed by atoms with Gasteiger partial charge in [0, 0.05) is 11.8 Å². The highest BCUT2D eigenvalue weighted by Crippen LogP contribution is 2.30. The Balaban J connectivity index is 2.04. The summed E-state index contributed by atoms with van der Waals surface area (Å²) >= 11 is 2.09. The predicted octanol–water partition coefficient (Wildman–Crippen LogP) is 2.54. The van der Waals surface area contributed by atoms with Crippen LogP contribution in [0.1, 0.15) is 51.9 Å². The van der Waals surface area contributed by atoms with Crippen LogP contribution in [0, 0.1) is 0 Å². The normalized spacial score (nSPS) is 21.8. The van der Waals surface area contributed by atoms with Crippen LogP contribution in [0.25, 0.3) is 0 Å². The molecule has 1 unspecified atom stereocenters. The van der Waals surface area contributed by atoms with Gasteiger partial charge >= 0.3 is 0 Å². The van der Waals surface area contributed by atoms with E-state index in [1.165, 1.54) is 31.4 Å². The van der Waals surface area contributed by atoms with Gasteiger partial charge in [-0.1, -0.05) is 19.8 Å². The van der Waals surface area contributed by atoms with Crippen LogP contribution in [0.4, 0.5) is 0 Å². The van der Waals surface area contributed by atoms with Gasteiger partial charge < -0.3 is 10.8 Å². The van der Waals surface area contributed by atoms with Crippen LogP contribution in [-0.4, -0.2) is 28.3 Å². The van der Waals surface area contributed by atoms with E-state index in [0.29, 0.717) is 6.54 Å². The van der Waals surface area contributed by atoms with Gasteiger partial charge in [-0.3, -0.25) is 0 Å². The molecule has 0 aromatic rings. The lowest BCUT2D eigenvalue weighted by molar-refractivity contribution is 0.0360. The molecule has 0 bridgehead atoms. The highest BCUT2D eigenvalue weighted by atomic mass is 32.2. The van der Waals surface area contributed by atoms with Crippen molar-refractivity contribution in [2.75, 3.05) is 12.3 Å². The summed E-state index contributed by atoms with van der Waals surface area (Å²) in [7, 11) is 0. The first-order chi connectivity index (χ1) is 7.20. The third kappa shape index (κ3) is 4.75. The minimum absolute atomic E-state index is 0.400. The molecule has 0 saturated heterocycles. The van der Waals surface area contributed by atoms with Crippen LogP contribution in [0.5, 0.6) is 0 Å². The number of hydrogen-bond acceptors (Lipinski definition) is 3. The number of hydrogen-bond donors (Lipinski definition) is 2. The van der Waals surface area contributed by atoms with Crippen LogP contribution in [0.15, 0.2) is 0 Å². The average Bonchev–Trinajstić information content (AvgIpc) is 2.77. The summed E-state index contributed by atoms with van der Waals surface area (Å²) in [5.74, 6) is 1.19. The number of nitrogens with two attached hydrogens (primary N) is 1. The van der Waals surface area contributed by atoms with Gasteiger partial charge in [0.2, 0.25) is 0 Å². The van der Waals surface area contributed by atoms with Crippen LogP contribution in [0.2, 0.25) is 0 Å². The summed E-state index contributed by atoms with van der Waals surface area (Å²) < 4.78 is 0. The largest absolute Gasteiger partial charge is 0.389 e. The molecule has 0 aliphatic heterocycles. The quantitative estimate of drug-likeness (QED) is 0.662. The number of aliphatic hydroxyl groups is 1. The molecule has 0 aromatic carbocycles. The Morgan fingerprint density at radius 3 is 2.60 bits per heavy atom. The van der Waals surface area contributed by atoms with Crippen molar-refractivity contribution in [3.05, 3.63) is 0 Å². The van der Waals surface area contributed by atoms with Gasteiger partial charge in [0.1, 0.15) is 0 Å². The summed E-state index contributed by atoms with van der Waals surface area (Å²) in [4.78, 5) is 0. The maximum Gasteiger partial charge on any atom is 0.0767 e. The lowest BCUT2D eigenvalue weighted by Gasteiger charge is -2.24. The standard InChI is InChI=1S/C12H25NOS/c1-2-12(14,10-13)8-5-9-15-11-6-3-4-7-11/h11,14H,2-10,13H2,1H3. The minimum Gasteiger partial charge on any atom is -0.389 e. The number of thioether (sulfide) groups is 1. The topological polar surface area (TPSA) is 46.2 Å². The smallest absolute Gasteiger partial charge is 0.0767 e. The van der Waals surface area contributed by atoms with Crippen molar-refractivity contribution < 1.29 is 5.11 Å². The molecule has 1 aliphatic rings. The molecule has 1 rings (SSSR count). The van der Waals surface area contributed by atoms with Gasteiger partial charge in [-0.25, -0.2) is 0 Å². The third-order valence-corrected chi connectivity index (χ3v) is 4.95. The summed E-state index contributed by atoms with van der Waals surface area (Å²) in [5, 5.41) is 10.9. The van der Waals surface area contributed by atoms with E-state index in [1.807, 2.05) is 6.92 Å². The molecular weight excluding hydrogens is 206 g/mol. The fourth-order valence-electron chi connectivity index (χ4n) is 2.13. The van der Waals surface area contributed by atoms with E-state index in [9.17, 15) is 5.11 Å². The highest BCUT2D eigenvalue weighted by Gasteiger charge is 2.22. The molecule has 1 fully saturated rings. The van der Waals surface area contributed by atoms with Gasteiger partial charge in [-0.05, 0) is 37.9 Å². The van der Waals surface area contributed by atoms with E-state index < -0.39 is 5.60 Å². The SMILES string of the molecule is CCC(O)(CN)CCCSC1CCCC1. The molecule has 90 valence electrons. The first-order valence-electron chi connectivity index (χ1n) is 6.24. The molecule has 1 saturated carbocycles. The molecule has 3 N–H and O–H groups in total. The van der Waals surface area contributed by atoms with Crippen LogP contribution < -0.4 is 5.73 Å². The maximum absolute atomic E-state index is 9.99. The zero-order chi connectivity index (χ0) is 11.1. The van der Waals surface area contributed by atoms with Gasteiger partial charge in [0.05, 0.1) is 5.60 Å². The fraction of sp³-hybridized carbons (Fsp3) is 1.00. The van der Waals surface area contributed by atoms with E-state index in [0.717, 1.165) is 24.5 Å². The molecular formula is C12H25NOS. The predicted molar refractivity (Wildman–Crippen MR) is 68.2 cm³/mol. The van der Waals surface area contributed by atoms with Gasteiger partial charge in [-0.15, -0.1) is 0 Å². The summed E-state index contributed by atoms with van der Waals surface area (Å²) in [6.07, 6.45) is 8.37. The van der Waals surface area contributed by atoms with Crippen molar-refractivity contribution >= 4 is 11.8 Å². The molecule has 0 aromatic heterocycles. The second-order valence-electron chi connectivity index (χ2n) is 4.66. The summed E-state index contributed by atoms with van der Waals surface area (Å²) in [6, 6.07) is 0. The van der Waals surface area contributed by atoms with E-state index in [4.69, 9.17) is 5.73 Å². The summed E-state index contributed by atoms with van der Waals surface area (Å²) in [5.41, 5.74) is 4.96. The Morgan fingerprint density at radius 1 is 1.40 bits per heavy atom. The minimum atomic E-state index is -0.601. The van der Waals surface area contributed by atoms with E-state index in [-0.39, 0.29) is 0 Å². The Morgan fingerprint density at radius 2 is 2.07 bits per heavy atom. The van der Waals surface area contributed by atoms with Crippen molar-refractivity contribution in [1.82, 2.24) is 0 Å². The third-order valence-electron chi connectivity index (χ3n) is 3.48. The molecule has 0 amide bonds. The lowest BCUT2D eigenvalue weighted by atomic mass is 9.95. The zero-order valence-corrected chi connectivity index (χ0v) is 10.7. The second kappa shape index (κ2) is 6.77. The van der Waals surface area contributed by atoms with Crippen molar-refractivity contribution in [3.63, 3.8) is 0 Å². The average molecular weight is 231 g/mol. The van der Waals surface area contributed by atoms with Crippen LogP contribution >= 0.6 is 11.8 Å². The molecule has 1 aliphatic carbocycles. The Hall–Kier alpha value is 0.270. The molecule has 0 heterocycles. The van der Waals surface area contributed by atoms with E-state index in [2.05, 4.69) is 11.8 Å². The van der Waals surface area contributed by atoms with Crippen LogP contribution in [-0.2, 0) is 0 Å². The van der Waals surface area contributed by atoms with Gasteiger partial charge in [0.25, 0.3) is 0 Å². The Kier molecular flexibility index (Phi) is 6.02. The maximum atomic E-state index is 9.99. The molecule has 0 spiro atoms. The van der Waals surface area contributed by atoms with Crippen molar-refractivity contribution in [1.29, 1.82) is 0 Å². The van der Waals surface area contributed by atoms with E-state index in [1.54, 1.807) is 0 Å². The lowest BCUT2D eigenvalue weighted by Crippen LogP contribution is -2.37. The first-order valence-corrected chi connectivity index (χ1v) is 7.29. The summed E-state index contributed by atoms with van der Waals surface area (Å²) in [6.45, 7) is 2.41. The Labute approximate surface area is 98.0 Å². The van der Waals surface area contributed by atoms with Crippen molar-refractivity contribution in [3.8, 4) is 0 Å². The highest BCUT2D eigenvalue weighted by molar-refractivity contribution is 7.99. The van der Waals surface area contributed by atoms with Crippen molar-refractivity contribution in [2.45, 2.75) is 62.7 Å². The molecule has 15 heavy (non-hydrogen) atoms. The zero-order valence-electron chi connectivity index (χ0n) is 9.87. The van der Waals surface area contributed by atoms with Crippen LogP contribution in [0.3, 0.4) is 0 Å². The van der Waals surface area contributed by atoms with E-state index >= 15 is 0 Å². The van der Waals surface area contributed by atoms with Gasteiger partial charge in [-0.2, -0.15) is 11.8 Å². The molecule has 3 heteroatoms. The van der Waals surface area contributed by atoms with Gasteiger partial charge in [0.15, 0.2) is 0 Å². The fourth-order valence-corrected chi connectivity index (χ4v) is 3.44. The number of rotatable bonds is 7. The molecule has 1 atom stereocenters. The first kappa shape index (κ1) is 13.3. The monoisotopic (exact) mass is 231 g/mol. The van der Waals surface area contributed by atoms with Crippen molar-refractivity contribution in [2.24, 2.45) is 5.73 Å². The molecule has 2 nitrogen and oxygen atoms in total.